The highest BCUT2D eigenvalue weighted by molar-refractivity contribution is 5.61. The maximum atomic E-state index is 2.51. The van der Waals surface area contributed by atoms with Crippen LogP contribution in [0.3, 0.4) is 0 Å². The molecule has 0 atom stereocenters. The molecule has 2 aliphatic rings. The lowest BCUT2D eigenvalue weighted by molar-refractivity contribution is -0.671. The number of aromatic nitrogens is 1. The lowest BCUT2D eigenvalue weighted by atomic mass is 9.83. The number of hydrogen-bond acceptors (Lipinski definition) is 0. The Morgan fingerprint density at radius 3 is 2.48 bits per heavy atom. The molecule has 1 saturated carbocycles. The van der Waals surface area contributed by atoms with Crippen LogP contribution in [0.4, 0.5) is 0 Å². The molecule has 1 nitrogen and oxygen atoms in total. The highest BCUT2D eigenvalue weighted by Crippen LogP contribution is 2.48. The van der Waals surface area contributed by atoms with Crippen molar-refractivity contribution in [2.24, 2.45) is 7.05 Å². The minimum Gasteiger partial charge on any atom is -0.198 e. The third kappa shape index (κ3) is 1.87. The van der Waals surface area contributed by atoms with Gasteiger partial charge in [0.1, 0.15) is 7.05 Å². The van der Waals surface area contributed by atoms with Gasteiger partial charge in [0.15, 0.2) is 5.69 Å². The molecule has 21 heavy (non-hydrogen) atoms. The van der Waals surface area contributed by atoms with Crippen molar-refractivity contribution in [2.45, 2.75) is 50.9 Å². The van der Waals surface area contributed by atoms with Crippen LogP contribution < -0.4 is 4.57 Å². The fraction of sp³-hybridized carbons (Fsp3) is 0.450. The van der Waals surface area contributed by atoms with E-state index < -0.39 is 0 Å². The van der Waals surface area contributed by atoms with E-state index in [1.165, 1.54) is 55.3 Å². The Hall–Kier alpha value is -1.63. The van der Waals surface area contributed by atoms with Gasteiger partial charge in [0.05, 0.1) is 5.41 Å². The summed E-state index contributed by atoms with van der Waals surface area (Å²) in [6, 6.07) is 13.5. The van der Waals surface area contributed by atoms with Crippen molar-refractivity contribution in [2.75, 3.05) is 0 Å². The van der Waals surface area contributed by atoms with Crippen molar-refractivity contribution in [3.63, 3.8) is 0 Å². The second kappa shape index (κ2) is 4.69. The minimum absolute atomic E-state index is 0.489. The zero-order chi connectivity index (χ0) is 14.4. The number of aryl methyl sites for hydroxylation is 2. The van der Waals surface area contributed by atoms with Crippen LogP contribution in [0.15, 0.2) is 36.4 Å². The molecular formula is C20H24N+. The summed E-state index contributed by atoms with van der Waals surface area (Å²) in [7, 11) is 2.28. The van der Waals surface area contributed by atoms with E-state index in [0.29, 0.717) is 5.41 Å². The summed E-state index contributed by atoms with van der Waals surface area (Å²) in [6.07, 6.45) is 8.25. The maximum absolute atomic E-state index is 2.51. The molecule has 0 saturated heterocycles. The van der Waals surface area contributed by atoms with Crippen LogP contribution in [-0.2, 0) is 18.9 Å². The lowest BCUT2D eigenvalue weighted by Crippen LogP contribution is -2.42. The molecule has 0 amide bonds. The number of rotatable bonds is 1. The number of hydrogen-bond donors (Lipinski definition) is 0. The predicted octanol–water partition coefficient (Wildman–Crippen LogP) is 4.24. The standard InChI is InChI=1S/C20H24N/c1-15-7-3-4-8-17(15)18-10-9-16-11-14-20(12-5-6-13-20)19(16)21(18)2/h3-4,7-10H,5-6,11-14H2,1-2H3/q+1. The average Bonchev–Trinajstić information content (AvgIpc) is 3.10. The van der Waals surface area contributed by atoms with E-state index in [1.54, 1.807) is 11.3 Å². The van der Waals surface area contributed by atoms with E-state index in [-0.39, 0.29) is 0 Å². The highest BCUT2D eigenvalue weighted by Gasteiger charge is 2.47. The summed E-state index contributed by atoms with van der Waals surface area (Å²) in [5.41, 5.74) is 7.84. The molecule has 0 bridgehead atoms. The highest BCUT2D eigenvalue weighted by atomic mass is 15.0. The number of fused-ring (bicyclic) bond motifs is 2. The van der Waals surface area contributed by atoms with Crippen molar-refractivity contribution in [3.05, 3.63) is 53.2 Å². The molecule has 1 aromatic heterocycles. The van der Waals surface area contributed by atoms with Crippen LogP contribution in [0.25, 0.3) is 11.3 Å². The molecule has 1 heteroatoms. The Balaban J connectivity index is 1.92. The molecule has 4 rings (SSSR count). The number of benzene rings is 1. The van der Waals surface area contributed by atoms with E-state index >= 15 is 0 Å². The molecule has 1 heterocycles. The first-order chi connectivity index (χ1) is 10.2. The fourth-order valence-electron chi connectivity index (χ4n) is 4.77. The summed E-state index contributed by atoms with van der Waals surface area (Å²) >= 11 is 0. The second-order valence-corrected chi connectivity index (χ2v) is 6.95. The van der Waals surface area contributed by atoms with Crippen molar-refractivity contribution in [1.29, 1.82) is 0 Å². The van der Waals surface area contributed by atoms with Crippen molar-refractivity contribution >= 4 is 0 Å². The maximum Gasteiger partial charge on any atom is 0.212 e. The summed E-state index contributed by atoms with van der Waals surface area (Å²) < 4.78 is 2.51. The number of nitrogens with zero attached hydrogens (tertiary/aromatic N) is 1. The Morgan fingerprint density at radius 1 is 0.952 bits per heavy atom. The van der Waals surface area contributed by atoms with Gasteiger partial charge in [-0.15, -0.1) is 0 Å². The van der Waals surface area contributed by atoms with Gasteiger partial charge in [-0.2, -0.15) is 4.57 Å². The van der Waals surface area contributed by atoms with E-state index in [2.05, 4.69) is 54.9 Å². The van der Waals surface area contributed by atoms with Crippen LogP contribution in [0.5, 0.6) is 0 Å². The van der Waals surface area contributed by atoms with Crippen LogP contribution in [-0.4, -0.2) is 0 Å². The Morgan fingerprint density at radius 2 is 1.71 bits per heavy atom. The van der Waals surface area contributed by atoms with Gasteiger partial charge in [-0.05, 0) is 50.3 Å². The molecule has 0 unspecified atom stereocenters. The third-order valence-electron chi connectivity index (χ3n) is 5.80. The number of pyridine rings is 1. The SMILES string of the molecule is Cc1ccccc1-c1ccc2c([n+]1C)C1(CCCC1)CC2. The zero-order valence-corrected chi connectivity index (χ0v) is 13.2. The van der Waals surface area contributed by atoms with Crippen molar-refractivity contribution < 1.29 is 4.57 Å². The fourth-order valence-corrected chi connectivity index (χ4v) is 4.77. The summed E-state index contributed by atoms with van der Waals surface area (Å²) in [4.78, 5) is 0. The zero-order valence-electron chi connectivity index (χ0n) is 13.2. The van der Waals surface area contributed by atoms with Crippen LogP contribution in [0, 0.1) is 6.92 Å². The van der Waals surface area contributed by atoms with Gasteiger partial charge in [-0.3, -0.25) is 0 Å². The predicted molar refractivity (Wildman–Crippen MR) is 86.3 cm³/mol. The van der Waals surface area contributed by atoms with Gasteiger partial charge < -0.3 is 0 Å². The molecular weight excluding hydrogens is 254 g/mol. The van der Waals surface area contributed by atoms with Crippen LogP contribution in [0.1, 0.15) is 48.9 Å². The Kier molecular flexibility index (Phi) is 2.92. The summed E-state index contributed by atoms with van der Waals surface area (Å²) in [5, 5.41) is 0. The smallest absolute Gasteiger partial charge is 0.198 e. The van der Waals surface area contributed by atoms with Crippen molar-refractivity contribution in [1.82, 2.24) is 0 Å². The van der Waals surface area contributed by atoms with Crippen molar-refractivity contribution in [3.8, 4) is 11.3 Å². The third-order valence-corrected chi connectivity index (χ3v) is 5.80. The molecule has 2 aromatic rings. The molecule has 0 aliphatic heterocycles. The Labute approximate surface area is 127 Å². The minimum atomic E-state index is 0.489. The first-order valence-corrected chi connectivity index (χ1v) is 8.30. The molecule has 1 fully saturated rings. The molecule has 1 aromatic carbocycles. The monoisotopic (exact) mass is 278 g/mol. The van der Waals surface area contributed by atoms with Gasteiger partial charge in [0.2, 0.25) is 5.69 Å². The molecule has 108 valence electrons. The molecule has 0 N–H and O–H groups in total. The van der Waals surface area contributed by atoms with E-state index in [0.717, 1.165) is 0 Å². The van der Waals surface area contributed by atoms with Gasteiger partial charge in [-0.1, -0.05) is 31.0 Å². The topological polar surface area (TPSA) is 3.88 Å². The quantitative estimate of drug-likeness (QED) is 0.687. The van der Waals surface area contributed by atoms with Gasteiger partial charge in [0.25, 0.3) is 0 Å². The summed E-state index contributed by atoms with van der Waals surface area (Å²) in [6.45, 7) is 2.22. The van der Waals surface area contributed by atoms with E-state index in [4.69, 9.17) is 0 Å². The van der Waals surface area contributed by atoms with Gasteiger partial charge in [0, 0.05) is 17.2 Å². The molecule has 1 spiro atoms. The van der Waals surface area contributed by atoms with Gasteiger partial charge in [-0.25, -0.2) is 0 Å². The largest absolute Gasteiger partial charge is 0.212 e. The van der Waals surface area contributed by atoms with E-state index in [1.807, 2.05) is 0 Å². The first kappa shape index (κ1) is 13.1. The molecule has 0 radical (unpaired) electrons. The Bertz CT molecular complexity index is 693. The van der Waals surface area contributed by atoms with Crippen LogP contribution >= 0.6 is 0 Å². The second-order valence-electron chi connectivity index (χ2n) is 6.95. The summed E-state index contributed by atoms with van der Waals surface area (Å²) in [5.74, 6) is 0. The molecule has 2 aliphatic carbocycles. The van der Waals surface area contributed by atoms with E-state index in [9.17, 15) is 0 Å². The first-order valence-electron chi connectivity index (χ1n) is 8.30. The van der Waals surface area contributed by atoms with Gasteiger partial charge >= 0.3 is 0 Å². The van der Waals surface area contributed by atoms with Crippen LogP contribution in [0.2, 0.25) is 0 Å². The lowest BCUT2D eigenvalue weighted by Gasteiger charge is -2.21. The average molecular weight is 278 g/mol. The normalized spacial score (nSPS) is 19.1.